The minimum absolute atomic E-state index is 0.0721. The minimum Gasteiger partial charge on any atom is -0.497 e. The topological polar surface area (TPSA) is 73.9 Å². The van der Waals surface area contributed by atoms with E-state index < -0.39 is 0 Å². The molecule has 1 fully saturated rings. The molecule has 2 N–H and O–H groups in total. The van der Waals surface area contributed by atoms with Crippen LogP contribution in [0.1, 0.15) is 10.4 Å². The van der Waals surface area contributed by atoms with E-state index in [2.05, 4.69) is 21.6 Å². The van der Waals surface area contributed by atoms with Crippen molar-refractivity contribution in [3.63, 3.8) is 0 Å². The number of amides is 3. The summed E-state index contributed by atoms with van der Waals surface area (Å²) in [5.41, 5.74) is 3.18. The van der Waals surface area contributed by atoms with Crippen LogP contribution in [0.15, 0.2) is 91.0 Å². The van der Waals surface area contributed by atoms with Gasteiger partial charge in [-0.15, -0.1) is 0 Å². The number of anilines is 3. The molecule has 0 saturated carbocycles. The highest BCUT2D eigenvalue weighted by molar-refractivity contribution is 6.00. The SMILES string of the molecule is COc1ccc(NC(=O)Nc2ccc(N3CCN(C(=O)c4ccc5ccccc5c4)CC3)cc2)cc1. The van der Waals surface area contributed by atoms with Crippen molar-refractivity contribution in [1.29, 1.82) is 0 Å². The monoisotopic (exact) mass is 480 g/mol. The van der Waals surface area contributed by atoms with Crippen LogP contribution in [0.25, 0.3) is 10.8 Å². The molecule has 182 valence electrons. The number of rotatable bonds is 5. The maximum atomic E-state index is 13.1. The number of hydrogen-bond acceptors (Lipinski definition) is 4. The number of urea groups is 1. The van der Waals surface area contributed by atoms with Gasteiger partial charge >= 0.3 is 6.03 Å². The molecule has 5 rings (SSSR count). The molecular formula is C29H28N4O3. The number of methoxy groups -OCH3 is 1. The van der Waals surface area contributed by atoms with Gasteiger partial charge < -0.3 is 25.2 Å². The second-order valence-electron chi connectivity index (χ2n) is 8.70. The van der Waals surface area contributed by atoms with Crippen LogP contribution in [0, 0.1) is 0 Å². The molecule has 0 bridgehead atoms. The first kappa shape index (κ1) is 23.2. The second kappa shape index (κ2) is 10.4. The molecule has 1 heterocycles. The summed E-state index contributed by atoms with van der Waals surface area (Å²) >= 11 is 0. The molecule has 0 spiro atoms. The van der Waals surface area contributed by atoms with Crippen molar-refractivity contribution in [2.45, 2.75) is 0 Å². The standard InChI is InChI=1S/C29H28N4O3/c1-36-27-14-10-25(11-15-27)31-29(35)30-24-8-12-26(13-9-24)32-16-18-33(19-17-32)28(34)23-7-6-21-4-2-3-5-22(21)20-23/h2-15,20H,16-19H2,1H3,(H2,30,31,35). The van der Waals surface area contributed by atoms with Gasteiger partial charge in [-0.05, 0) is 71.4 Å². The zero-order chi connectivity index (χ0) is 24.9. The third-order valence-corrected chi connectivity index (χ3v) is 6.40. The first-order valence-electron chi connectivity index (χ1n) is 11.9. The lowest BCUT2D eigenvalue weighted by Gasteiger charge is -2.36. The van der Waals surface area contributed by atoms with Gasteiger partial charge in [-0.1, -0.05) is 30.3 Å². The van der Waals surface area contributed by atoms with Crippen molar-refractivity contribution in [2.24, 2.45) is 0 Å². The van der Waals surface area contributed by atoms with Crippen LogP contribution in [0.2, 0.25) is 0 Å². The largest absolute Gasteiger partial charge is 0.497 e. The van der Waals surface area contributed by atoms with Crippen molar-refractivity contribution in [3.8, 4) is 5.75 Å². The van der Waals surface area contributed by atoms with Crippen molar-refractivity contribution >= 4 is 39.8 Å². The van der Waals surface area contributed by atoms with Crippen molar-refractivity contribution in [2.75, 3.05) is 48.8 Å². The number of piperazine rings is 1. The quantitative estimate of drug-likeness (QED) is 0.398. The molecule has 4 aromatic carbocycles. The average molecular weight is 481 g/mol. The van der Waals surface area contributed by atoms with Gasteiger partial charge in [0.15, 0.2) is 0 Å². The smallest absolute Gasteiger partial charge is 0.323 e. The number of carbonyl (C=O) groups is 2. The summed E-state index contributed by atoms with van der Waals surface area (Å²) in [6, 6.07) is 28.6. The normalized spacial score (nSPS) is 13.4. The first-order valence-corrected chi connectivity index (χ1v) is 11.9. The summed E-state index contributed by atoms with van der Waals surface area (Å²) in [6.45, 7) is 2.83. The van der Waals surface area contributed by atoms with Gasteiger partial charge in [-0.2, -0.15) is 0 Å². The number of carbonyl (C=O) groups excluding carboxylic acids is 2. The van der Waals surface area contributed by atoms with E-state index in [0.717, 1.165) is 40.9 Å². The van der Waals surface area contributed by atoms with Crippen LogP contribution < -0.4 is 20.3 Å². The van der Waals surface area contributed by atoms with Crippen LogP contribution in [-0.4, -0.2) is 50.1 Å². The van der Waals surface area contributed by atoms with Crippen molar-refractivity contribution in [3.05, 3.63) is 96.6 Å². The van der Waals surface area contributed by atoms with E-state index in [4.69, 9.17) is 4.74 Å². The summed E-state index contributed by atoms with van der Waals surface area (Å²) in [5.74, 6) is 0.804. The summed E-state index contributed by atoms with van der Waals surface area (Å²) in [6.07, 6.45) is 0. The molecule has 0 atom stereocenters. The number of nitrogens with zero attached hydrogens (tertiary/aromatic N) is 2. The van der Waals surface area contributed by atoms with Crippen LogP contribution in [0.5, 0.6) is 5.75 Å². The predicted molar refractivity (Wildman–Crippen MR) is 144 cm³/mol. The third kappa shape index (κ3) is 5.25. The molecule has 1 aliphatic rings. The van der Waals surface area contributed by atoms with Crippen molar-refractivity contribution < 1.29 is 14.3 Å². The Bertz CT molecular complexity index is 1360. The molecule has 1 saturated heterocycles. The maximum Gasteiger partial charge on any atom is 0.323 e. The van der Waals surface area contributed by atoms with Crippen LogP contribution >= 0.6 is 0 Å². The van der Waals surface area contributed by atoms with Gasteiger partial charge in [0.25, 0.3) is 5.91 Å². The zero-order valence-corrected chi connectivity index (χ0v) is 20.1. The van der Waals surface area contributed by atoms with E-state index in [1.54, 1.807) is 31.4 Å². The van der Waals surface area contributed by atoms with Crippen LogP contribution in [0.4, 0.5) is 21.9 Å². The number of benzene rings is 4. The molecule has 0 radical (unpaired) electrons. The molecule has 0 aliphatic carbocycles. The van der Waals surface area contributed by atoms with E-state index in [1.807, 2.05) is 65.6 Å². The third-order valence-electron chi connectivity index (χ3n) is 6.40. The fourth-order valence-electron chi connectivity index (χ4n) is 4.40. The summed E-state index contributed by atoms with van der Waals surface area (Å²) < 4.78 is 5.13. The highest BCUT2D eigenvalue weighted by Crippen LogP contribution is 2.22. The molecule has 3 amide bonds. The van der Waals surface area contributed by atoms with E-state index in [9.17, 15) is 9.59 Å². The Labute approximate surface area is 210 Å². The lowest BCUT2D eigenvalue weighted by molar-refractivity contribution is 0.0747. The Hall–Kier alpha value is -4.52. The van der Waals surface area contributed by atoms with Crippen LogP contribution in [-0.2, 0) is 0 Å². The van der Waals surface area contributed by atoms with Gasteiger partial charge in [-0.25, -0.2) is 4.79 Å². The number of fused-ring (bicyclic) bond motifs is 1. The highest BCUT2D eigenvalue weighted by atomic mass is 16.5. The molecular weight excluding hydrogens is 452 g/mol. The van der Waals surface area contributed by atoms with Crippen molar-refractivity contribution in [1.82, 2.24) is 4.90 Å². The Morgan fingerprint density at radius 3 is 1.97 bits per heavy atom. The zero-order valence-electron chi connectivity index (χ0n) is 20.1. The lowest BCUT2D eigenvalue weighted by Crippen LogP contribution is -2.48. The lowest BCUT2D eigenvalue weighted by atomic mass is 10.1. The van der Waals surface area contributed by atoms with Gasteiger partial charge in [-0.3, -0.25) is 4.79 Å². The Morgan fingerprint density at radius 2 is 1.33 bits per heavy atom. The van der Waals surface area contributed by atoms with Gasteiger partial charge in [0, 0.05) is 48.8 Å². The Kier molecular flexibility index (Phi) is 6.71. The molecule has 7 heteroatoms. The summed E-state index contributed by atoms with van der Waals surface area (Å²) in [4.78, 5) is 29.5. The molecule has 4 aromatic rings. The summed E-state index contributed by atoms with van der Waals surface area (Å²) in [5, 5.41) is 7.87. The van der Waals surface area contributed by atoms with Gasteiger partial charge in [0.2, 0.25) is 0 Å². The van der Waals surface area contributed by atoms with E-state index in [0.29, 0.717) is 24.5 Å². The highest BCUT2D eigenvalue weighted by Gasteiger charge is 2.22. The average Bonchev–Trinajstić information content (AvgIpc) is 2.93. The van der Waals surface area contributed by atoms with Gasteiger partial charge in [0.1, 0.15) is 5.75 Å². The molecule has 36 heavy (non-hydrogen) atoms. The van der Waals surface area contributed by atoms with Gasteiger partial charge in [0.05, 0.1) is 7.11 Å². The predicted octanol–water partition coefficient (Wildman–Crippen LogP) is 5.45. The summed E-state index contributed by atoms with van der Waals surface area (Å²) in [7, 11) is 1.60. The second-order valence-corrected chi connectivity index (χ2v) is 8.70. The molecule has 0 unspecified atom stereocenters. The fourth-order valence-corrected chi connectivity index (χ4v) is 4.40. The number of nitrogens with one attached hydrogen (secondary N) is 2. The van der Waals surface area contributed by atoms with E-state index in [1.165, 1.54) is 0 Å². The molecule has 1 aliphatic heterocycles. The van der Waals surface area contributed by atoms with E-state index >= 15 is 0 Å². The maximum absolute atomic E-state index is 13.1. The number of ether oxygens (including phenoxy) is 1. The van der Waals surface area contributed by atoms with Crippen LogP contribution in [0.3, 0.4) is 0 Å². The minimum atomic E-state index is -0.311. The van der Waals surface area contributed by atoms with E-state index in [-0.39, 0.29) is 11.9 Å². The fraction of sp³-hybridized carbons (Fsp3) is 0.172. The first-order chi connectivity index (χ1) is 17.6. The molecule has 0 aromatic heterocycles. The number of hydrogen-bond donors (Lipinski definition) is 2. The Balaban J connectivity index is 1.14. The molecule has 7 nitrogen and oxygen atoms in total. The Morgan fingerprint density at radius 1 is 0.722 bits per heavy atom.